The molecular weight excluding hydrogens is 212 g/mol. The fraction of sp³-hybridized carbons (Fsp3) is 0.692. The number of nitrogens with zero attached hydrogens (tertiary/aromatic N) is 4. The number of hydrogen-bond acceptors (Lipinski definition) is 3. The molecule has 4 nitrogen and oxygen atoms in total. The summed E-state index contributed by atoms with van der Waals surface area (Å²) in [5.74, 6) is 1.05. The number of aryl methyl sites for hydroxylation is 1. The Labute approximate surface area is 103 Å². The number of hydrogen-bond donors (Lipinski definition) is 0. The van der Waals surface area contributed by atoms with Gasteiger partial charge in [-0.3, -0.25) is 4.90 Å². The zero-order valence-corrected chi connectivity index (χ0v) is 10.5. The molecule has 0 N–H and O–H groups in total. The van der Waals surface area contributed by atoms with E-state index in [0.717, 1.165) is 18.9 Å². The van der Waals surface area contributed by atoms with Crippen molar-refractivity contribution in [2.75, 3.05) is 13.1 Å². The summed E-state index contributed by atoms with van der Waals surface area (Å²) in [6.07, 6.45) is 8.98. The first kappa shape index (κ1) is 12.1. The lowest BCUT2D eigenvalue weighted by atomic mass is 10.2. The summed E-state index contributed by atoms with van der Waals surface area (Å²) in [4.78, 5) is 6.54. The molecule has 1 aliphatic rings. The molecule has 1 fully saturated rings. The Morgan fingerprint density at radius 2 is 2.29 bits per heavy atom. The van der Waals surface area contributed by atoms with Gasteiger partial charge >= 0.3 is 0 Å². The van der Waals surface area contributed by atoms with Crippen molar-refractivity contribution in [3.8, 4) is 6.07 Å². The smallest absolute Gasteiger partial charge is 0.105 e. The summed E-state index contributed by atoms with van der Waals surface area (Å²) in [6, 6.07) is 2.91. The van der Waals surface area contributed by atoms with Crippen LogP contribution in [-0.2, 0) is 6.54 Å². The summed E-state index contributed by atoms with van der Waals surface area (Å²) in [7, 11) is 0. The molecule has 4 heteroatoms. The van der Waals surface area contributed by atoms with Crippen molar-refractivity contribution >= 4 is 0 Å². The van der Waals surface area contributed by atoms with E-state index in [2.05, 4.69) is 20.5 Å². The highest BCUT2D eigenvalue weighted by molar-refractivity contribution is 4.90. The van der Waals surface area contributed by atoms with Gasteiger partial charge in [0.1, 0.15) is 5.82 Å². The lowest BCUT2D eigenvalue weighted by Gasteiger charge is -2.26. The van der Waals surface area contributed by atoms with E-state index in [0.29, 0.717) is 12.6 Å². The molecule has 0 bridgehead atoms. The molecule has 0 saturated heterocycles. The molecule has 1 aliphatic carbocycles. The van der Waals surface area contributed by atoms with Gasteiger partial charge in [-0.1, -0.05) is 12.8 Å². The quantitative estimate of drug-likeness (QED) is 0.729. The first-order valence-corrected chi connectivity index (χ1v) is 6.40. The van der Waals surface area contributed by atoms with Crippen molar-refractivity contribution in [1.82, 2.24) is 14.5 Å². The van der Waals surface area contributed by atoms with Crippen molar-refractivity contribution < 1.29 is 0 Å². The van der Waals surface area contributed by atoms with Crippen molar-refractivity contribution in [3.63, 3.8) is 0 Å². The zero-order valence-electron chi connectivity index (χ0n) is 10.5. The fourth-order valence-electron chi connectivity index (χ4n) is 2.63. The highest BCUT2D eigenvalue weighted by Gasteiger charge is 2.21. The standard InChI is InChI=1S/C13H20N4/c1-12-15-7-9-16(12)10-11-17(8-6-14)13-4-2-3-5-13/h7,9,13H,2-5,8,10-11H2,1H3. The first-order valence-electron chi connectivity index (χ1n) is 6.40. The molecule has 1 aromatic heterocycles. The SMILES string of the molecule is Cc1nccn1CCN(CC#N)C1CCCC1. The van der Waals surface area contributed by atoms with E-state index in [-0.39, 0.29) is 0 Å². The normalized spacial score (nSPS) is 16.5. The van der Waals surface area contributed by atoms with Gasteiger partial charge < -0.3 is 4.57 Å². The van der Waals surface area contributed by atoms with Crippen LogP contribution in [0.4, 0.5) is 0 Å². The molecule has 2 rings (SSSR count). The Bertz CT molecular complexity index is 384. The van der Waals surface area contributed by atoms with Crippen molar-refractivity contribution in [2.24, 2.45) is 0 Å². The summed E-state index contributed by atoms with van der Waals surface area (Å²) < 4.78 is 2.15. The van der Waals surface area contributed by atoms with Crippen LogP contribution in [0.15, 0.2) is 12.4 Å². The van der Waals surface area contributed by atoms with E-state index in [9.17, 15) is 0 Å². The average molecular weight is 232 g/mol. The van der Waals surface area contributed by atoms with Gasteiger partial charge in [-0.2, -0.15) is 5.26 Å². The molecule has 0 amide bonds. The Hall–Kier alpha value is -1.34. The van der Waals surface area contributed by atoms with Crippen molar-refractivity contribution in [2.45, 2.75) is 45.2 Å². The number of nitriles is 1. The lowest BCUT2D eigenvalue weighted by Crippen LogP contribution is -2.36. The molecule has 92 valence electrons. The van der Waals surface area contributed by atoms with E-state index >= 15 is 0 Å². The third kappa shape index (κ3) is 3.07. The van der Waals surface area contributed by atoms with Gasteiger partial charge in [0, 0.05) is 31.5 Å². The van der Waals surface area contributed by atoms with Crippen LogP contribution in [0.25, 0.3) is 0 Å². The Balaban J connectivity index is 1.89. The summed E-state index contributed by atoms with van der Waals surface area (Å²) in [6.45, 7) is 4.46. The maximum Gasteiger partial charge on any atom is 0.105 e. The van der Waals surface area contributed by atoms with E-state index in [1.807, 2.05) is 19.3 Å². The van der Waals surface area contributed by atoms with Crippen LogP contribution in [-0.4, -0.2) is 33.6 Å². The van der Waals surface area contributed by atoms with Gasteiger partial charge in [-0.15, -0.1) is 0 Å². The van der Waals surface area contributed by atoms with Crippen LogP contribution >= 0.6 is 0 Å². The third-order valence-corrected chi connectivity index (χ3v) is 3.67. The number of rotatable bonds is 5. The van der Waals surface area contributed by atoms with Crippen LogP contribution in [0.2, 0.25) is 0 Å². The van der Waals surface area contributed by atoms with Gasteiger partial charge in [-0.25, -0.2) is 4.98 Å². The second kappa shape index (κ2) is 5.83. The number of aromatic nitrogens is 2. The lowest BCUT2D eigenvalue weighted by molar-refractivity contribution is 0.214. The maximum atomic E-state index is 8.90. The molecule has 0 spiro atoms. The predicted octanol–water partition coefficient (Wildman–Crippen LogP) is 1.96. The van der Waals surface area contributed by atoms with E-state index in [4.69, 9.17) is 5.26 Å². The Kier molecular flexibility index (Phi) is 4.16. The molecule has 1 saturated carbocycles. The highest BCUT2D eigenvalue weighted by Crippen LogP contribution is 2.23. The molecule has 1 aromatic rings. The van der Waals surface area contributed by atoms with Gasteiger partial charge in [0.2, 0.25) is 0 Å². The minimum Gasteiger partial charge on any atom is -0.334 e. The summed E-state index contributed by atoms with van der Waals surface area (Å²) in [5.41, 5.74) is 0. The summed E-state index contributed by atoms with van der Waals surface area (Å²) >= 11 is 0. The van der Waals surface area contributed by atoms with Crippen LogP contribution in [0.5, 0.6) is 0 Å². The minimum absolute atomic E-state index is 0.554. The van der Waals surface area contributed by atoms with Gasteiger partial charge in [-0.05, 0) is 19.8 Å². The maximum absolute atomic E-state index is 8.90. The summed E-state index contributed by atoms with van der Waals surface area (Å²) in [5, 5.41) is 8.90. The Morgan fingerprint density at radius 3 is 2.88 bits per heavy atom. The van der Waals surface area contributed by atoms with Crippen LogP contribution < -0.4 is 0 Å². The van der Waals surface area contributed by atoms with Crippen molar-refractivity contribution in [3.05, 3.63) is 18.2 Å². The molecular formula is C13H20N4. The van der Waals surface area contributed by atoms with Crippen LogP contribution in [0, 0.1) is 18.3 Å². The van der Waals surface area contributed by atoms with Gasteiger partial charge in [0.05, 0.1) is 12.6 Å². The molecule has 0 atom stereocenters. The van der Waals surface area contributed by atoms with Gasteiger partial charge in [0.15, 0.2) is 0 Å². The second-order valence-corrected chi connectivity index (χ2v) is 4.73. The Morgan fingerprint density at radius 1 is 1.53 bits per heavy atom. The van der Waals surface area contributed by atoms with Crippen LogP contribution in [0.1, 0.15) is 31.5 Å². The second-order valence-electron chi connectivity index (χ2n) is 4.73. The molecule has 17 heavy (non-hydrogen) atoms. The van der Waals surface area contributed by atoms with E-state index in [1.165, 1.54) is 25.7 Å². The molecule has 0 aliphatic heterocycles. The predicted molar refractivity (Wildman–Crippen MR) is 66.4 cm³/mol. The largest absolute Gasteiger partial charge is 0.334 e. The topological polar surface area (TPSA) is 44.9 Å². The van der Waals surface area contributed by atoms with Gasteiger partial charge in [0.25, 0.3) is 0 Å². The molecule has 0 aromatic carbocycles. The minimum atomic E-state index is 0.554. The van der Waals surface area contributed by atoms with Crippen LogP contribution in [0.3, 0.4) is 0 Å². The number of imidazole rings is 1. The highest BCUT2D eigenvalue weighted by atomic mass is 15.2. The molecule has 1 heterocycles. The monoisotopic (exact) mass is 232 g/mol. The average Bonchev–Trinajstić information content (AvgIpc) is 2.96. The fourth-order valence-corrected chi connectivity index (χ4v) is 2.63. The van der Waals surface area contributed by atoms with E-state index in [1.54, 1.807) is 0 Å². The third-order valence-electron chi connectivity index (χ3n) is 3.67. The first-order chi connectivity index (χ1) is 8.31. The molecule has 0 unspecified atom stereocenters. The molecule has 0 radical (unpaired) electrons. The zero-order chi connectivity index (χ0) is 12.1. The van der Waals surface area contributed by atoms with Crippen molar-refractivity contribution in [1.29, 1.82) is 5.26 Å². The van der Waals surface area contributed by atoms with E-state index < -0.39 is 0 Å².